The summed E-state index contributed by atoms with van der Waals surface area (Å²) >= 11 is 0. The minimum atomic E-state index is -0.878. The number of carbonyl (C=O) groups excluding carboxylic acids is 2. The van der Waals surface area contributed by atoms with E-state index in [4.69, 9.17) is 14.2 Å². The van der Waals surface area contributed by atoms with Crippen molar-refractivity contribution in [1.82, 2.24) is 0 Å². The van der Waals surface area contributed by atoms with Crippen LogP contribution in [0.3, 0.4) is 0 Å². The standard InChI is InChI=1S/C38H71NO7/c1-6-8-10-12-14-16-17-18-19-21-23-25-27-29-37(41)46-34(32-44-31-30-35(38(42)43)39(3,4)5)33-45-36(40)28-26-24-22-20-15-13-11-9-7-2/h20,22,34-35H,6-19,21,23-33H2,1-5H3/p+1/b22-20+. The minimum Gasteiger partial charge on any atom is -0.477 e. The van der Waals surface area contributed by atoms with Gasteiger partial charge in [0, 0.05) is 19.3 Å². The van der Waals surface area contributed by atoms with Crippen LogP contribution in [0, 0.1) is 0 Å². The third-order valence-corrected chi connectivity index (χ3v) is 8.41. The van der Waals surface area contributed by atoms with Crippen molar-refractivity contribution in [2.75, 3.05) is 41.0 Å². The molecule has 1 N–H and O–H groups in total. The first-order chi connectivity index (χ1) is 22.1. The van der Waals surface area contributed by atoms with Crippen molar-refractivity contribution in [3.63, 3.8) is 0 Å². The second-order valence-electron chi connectivity index (χ2n) is 13.8. The second kappa shape index (κ2) is 30.4. The summed E-state index contributed by atoms with van der Waals surface area (Å²) in [6.07, 6.45) is 28.3. The molecule has 0 saturated heterocycles. The molecule has 0 amide bonds. The average Bonchev–Trinajstić information content (AvgIpc) is 3.00. The lowest BCUT2D eigenvalue weighted by Gasteiger charge is -2.31. The van der Waals surface area contributed by atoms with E-state index in [9.17, 15) is 19.5 Å². The molecule has 8 nitrogen and oxygen atoms in total. The van der Waals surface area contributed by atoms with E-state index in [1.165, 1.54) is 89.9 Å². The molecule has 2 unspecified atom stereocenters. The molecule has 0 fully saturated rings. The van der Waals surface area contributed by atoms with Crippen LogP contribution in [0.15, 0.2) is 12.2 Å². The highest BCUT2D eigenvalue weighted by Gasteiger charge is 2.31. The van der Waals surface area contributed by atoms with Gasteiger partial charge in [-0.25, -0.2) is 4.79 Å². The lowest BCUT2D eigenvalue weighted by atomic mass is 10.0. The first-order valence-corrected chi connectivity index (χ1v) is 18.7. The third-order valence-electron chi connectivity index (χ3n) is 8.41. The molecule has 0 rings (SSSR count). The number of carbonyl (C=O) groups is 3. The number of carboxylic acids is 1. The van der Waals surface area contributed by atoms with Gasteiger partial charge in [0.25, 0.3) is 0 Å². The highest BCUT2D eigenvalue weighted by molar-refractivity contribution is 5.72. The molecular weight excluding hydrogens is 582 g/mol. The monoisotopic (exact) mass is 655 g/mol. The van der Waals surface area contributed by atoms with Gasteiger partial charge in [-0.1, -0.05) is 122 Å². The Kier molecular flexibility index (Phi) is 29.1. The van der Waals surface area contributed by atoms with Crippen molar-refractivity contribution < 1.29 is 38.2 Å². The average molecular weight is 655 g/mol. The zero-order valence-corrected chi connectivity index (χ0v) is 30.5. The topological polar surface area (TPSA) is 99.1 Å². The Labute approximate surface area is 282 Å². The van der Waals surface area contributed by atoms with E-state index in [0.717, 1.165) is 32.1 Å². The summed E-state index contributed by atoms with van der Waals surface area (Å²) in [5, 5.41) is 9.56. The number of nitrogens with zero attached hydrogens (tertiary/aromatic N) is 1. The van der Waals surface area contributed by atoms with Crippen molar-refractivity contribution in [3.05, 3.63) is 12.2 Å². The molecular formula is C38H72NO7+. The molecule has 0 bridgehead atoms. The predicted molar refractivity (Wildman–Crippen MR) is 188 cm³/mol. The highest BCUT2D eigenvalue weighted by Crippen LogP contribution is 2.14. The van der Waals surface area contributed by atoms with Gasteiger partial charge in [-0.3, -0.25) is 9.59 Å². The first-order valence-electron chi connectivity index (χ1n) is 18.7. The van der Waals surface area contributed by atoms with Gasteiger partial charge in [0.1, 0.15) is 6.61 Å². The van der Waals surface area contributed by atoms with E-state index in [0.29, 0.717) is 25.7 Å². The van der Waals surface area contributed by atoms with Crippen molar-refractivity contribution in [2.45, 2.75) is 174 Å². The molecule has 0 spiro atoms. The Morgan fingerprint density at radius 2 is 1.11 bits per heavy atom. The molecule has 0 aromatic heterocycles. The molecule has 0 aliphatic heterocycles. The van der Waals surface area contributed by atoms with E-state index >= 15 is 0 Å². The van der Waals surface area contributed by atoms with Crippen molar-refractivity contribution in [2.24, 2.45) is 0 Å². The van der Waals surface area contributed by atoms with Crippen LogP contribution in [-0.2, 0) is 28.6 Å². The number of allylic oxidation sites excluding steroid dienone is 2. The number of ether oxygens (including phenoxy) is 3. The number of quaternary nitrogens is 1. The molecule has 0 aromatic rings. The number of rotatable bonds is 33. The molecule has 2 atom stereocenters. The van der Waals surface area contributed by atoms with E-state index in [1.807, 2.05) is 21.1 Å². The van der Waals surface area contributed by atoms with Crippen LogP contribution in [0.5, 0.6) is 0 Å². The Morgan fingerprint density at radius 1 is 0.630 bits per heavy atom. The van der Waals surface area contributed by atoms with Gasteiger partial charge in [0.15, 0.2) is 12.1 Å². The Morgan fingerprint density at radius 3 is 1.63 bits per heavy atom. The summed E-state index contributed by atoms with van der Waals surface area (Å²) in [5.74, 6) is -1.51. The minimum absolute atomic E-state index is 0.0574. The number of esters is 2. The molecule has 0 saturated carbocycles. The molecule has 8 heteroatoms. The van der Waals surface area contributed by atoms with E-state index in [2.05, 4.69) is 26.0 Å². The van der Waals surface area contributed by atoms with Gasteiger partial charge in [0.2, 0.25) is 0 Å². The SMILES string of the molecule is CCCCCC/C=C/CCCC(=O)OCC(COCCC(C(=O)O)[N+](C)(C)C)OC(=O)CCCCCCCCCCCCCCC. The fourth-order valence-corrected chi connectivity index (χ4v) is 5.45. The number of unbranched alkanes of at least 4 members (excludes halogenated alkanes) is 17. The van der Waals surface area contributed by atoms with Crippen LogP contribution < -0.4 is 0 Å². The van der Waals surface area contributed by atoms with Crippen LogP contribution in [0.4, 0.5) is 0 Å². The second-order valence-corrected chi connectivity index (χ2v) is 13.8. The normalized spacial score (nSPS) is 13.2. The van der Waals surface area contributed by atoms with Crippen LogP contribution in [0.2, 0.25) is 0 Å². The Hall–Kier alpha value is -1.93. The maximum atomic E-state index is 12.6. The molecule has 0 radical (unpaired) electrons. The van der Waals surface area contributed by atoms with E-state index in [1.54, 1.807) is 0 Å². The largest absolute Gasteiger partial charge is 0.477 e. The van der Waals surface area contributed by atoms with Gasteiger partial charge in [0.05, 0.1) is 34.4 Å². The molecule has 0 aromatic carbocycles. The quantitative estimate of drug-likeness (QED) is 0.0326. The van der Waals surface area contributed by atoms with Crippen molar-refractivity contribution in [3.8, 4) is 0 Å². The molecule has 0 aliphatic carbocycles. The summed E-state index contributed by atoms with van der Waals surface area (Å²) in [6.45, 7) is 4.66. The zero-order chi connectivity index (χ0) is 34.3. The van der Waals surface area contributed by atoms with E-state index in [-0.39, 0.29) is 36.2 Å². The van der Waals surface area contributed by atoms with Crippen LogP contribution in [0.1, 0.15) is 162 Å². The molecule has 270 valence electrons. The van der Waals surface area contributed by atoms with Gasteiger partial charge in [-0.2, -0.15) is 0 Å². The van der Waals surface area contributed by atoms with Crippen LogP contribution in [-0.4, -0.2) is 80.6 Å². The fraction of sp³-hybridized carbons (Fsp3) is 0.868. The maximum absolute atomic E-state index is 12.6. The lowest BCUT2D eigenvalue weighted by molar-refractivity contribution is -0.887. The molecule has 0 aliphatic rings. The molecule has 46 heavy (non-hydrogen) atoms. The number of hydrogen-bond acceptors (Lipinski definition) is 6. The van der Waals surface area contributed by atoms with Crippen LogP contribution in [0.25, 0.3) is 0 Å². The molecule has 0 heterocycles. The first kappa shape index (κ1) is 44.1. The number of aliphatic carboxylic acids is 1. The van der Waals surface area contributed by atoms with Crippen molar-refractivity contribution in [1.29, 1.82) is 0 Å². The summed E-state index contributed by atoms with van der Waals surface area (Å²) in [7, 11) is 5.51. The van der Waals surface area contributed by atoms with Gasteiger partial charge in [-0.05, 0) is 32.1 Å². The summed E-state index contributed by atoms with van der Waals surface area (Å²) in [4.78, 5) is 36.6. The number of likely N-dealkylation sites (N-methyl/N-ethyl adjacent to an activating group) is 1. The van der Waals surface area contributed by atoms with E-state index < -0.39 is 18.1 Å². The van der Waals surface area contributed by atoms with Gasteiger partial charge in [-0.15, -0.1) is 0 Å². The Bertz CT molecular complexity index is 778. The van der Waals surface area contributed by atoms with Crippen LogP contribution >= 0.6 is 0 Å². The Balaban J connectivity index is 4.44. The smallest absolute Gasteiger partial charge is 0.362 e. The summed E-state index contributed by atoms with van der Waals surface area (Å²) in [6, 6.07) is -0.611. The lowest BCUT2D eigenvalue weighted by Crippen LogP contribution is -2.50. The van der Waals surface area contributed by atoms with Gasteiger partial charge < -0.3 is 23.8 Å². The summed E-state index contributed by atoms with van der Waals surface area (Å²) < 4.78 is 17.1. The third kappa shape index (κ3) is 28.3. The summed E-state index contributed by atoms with van der Waals surface area (Å²) in [5.41, 5.74) is 0. The number of carboxylic acid groups (broad SMARTS) is 1. The maximum Gasteiger partial charge on any atom is 0.362 e. The van der Waals surface area contributed by atoms with Gasteiger partial charge >= 0.3 is 17.9 Å². The fourth-order valence-electron chi connectivity index (χ4n) is 5.45. The predicted octanol–water partition coefficient (Wildman–Crippen LogP) is 9.19. The number of hydrogen-bond donors (Lipinski definition) is 1. The van der Waals surface area contributed by atoms with Crippen molar-refractivity contribution >= 4 is 17.9 Å². The highest BCUT2D eigenvalue weighted by atomic mass is 16.6. The zero-order valence-electron chi connectivity index (χ0n) is 30.5.